The van der Waals surface area contributed by atoms with Crippen molar-refractivity contribution in [2.75, 3.05) is 11.5 Å². The second-order valence-electron chi connectivity index (χ2n) is 13.9. The number of anilines is 1. The third kappa shape index (κ3) is 4.10. The molecule has 40 heavy (non-hydrogen) atoms. The van der Waals surface area contributed by atoms with Crippen molar-refractivity contribution in [2.24, 2.45) is 11.8 Å². The Balaban J connectivity index is 1.46. The first-order valence-electron chi connectivity index (χ1n) is 14.8. The van der Waals surface area contributed by atoms with Gasteiger partial charge in [-0.1, -0.05) is 91.3 Å². The molecule has 1 saturated heterocycles. The monoisotopic (exact) mass is 535 g/mol. The molecule has 4 aliphatic rings. The van der Waals surface area contributed by atoms with Crippen LogP contribution in [0, 0.1) is 11.8 Å². The molecule has 0 aromatic heterocycles. The minimum Gasteiger partial charge on any atom is -0.494 e. The van der Waals surface area contributed by atoms with Crippen molar-refractivity contribution in [3.8, 4) is 5.75 Å². The Hall–Kier alpha value is -3.40. The number of carbonyl (C=O) groups excluding carboxylic acids is 2. The van der Waals surface area contributed by atoms with Gasteiger partial charge in [0.2, 0.25) is 11.8 Å². The SMILES string of the molecule is CCCCOc1ccc(N2C(=O)[C@@H]3[C@@H]4c5cc(C(C)(C)C)ccc5[C@H](c5cc(C(C)(C)C)ccc54)[C@@H]3C2=O)cc1. The van der Waals surface area contributed by atoms with Crippen LogP contribution in [-0.2, 0) is 20.4 Å². The Labute approximate surface area is 238 Å². The first kappa shape index (κ1) is 26.8. The lowest BCUT2D eigenvalue weighted by Crippen LogP contribution is -2.42. The van der Waals surface area contributed by atoms with Crippen molar-refractivity contribution in [3.05, 3.63) is 94.0 Å². The van der Waals surface area contributed by atoms with Crippen LogP contribution in [0.3, 0.4) is 0 Å². The van der Waals surface area contributed by atoms with E-state index in [0.717, 1.165) is 18.6 Å². The molecule has 0 N–H and O–H groups in total. The minimum absolute atomic E-state index is 0.00741. The van der Waals surface area contributed by atoms with Crippen LogP contribution >= 0.6 is 0 Å². The number of rotatable bonds is 5. The van der Waals surface area contributed by atoms with E-state index in [1.165, 1.54) is 38.3 Å². The summed E-state index contributed by atoms with van der Waals surface area (Å²) in [5, 5.41) is 0. The Kier molecular flexibility index (Phi) is 6.25. The lowest BCUT2D eigenvalue weighted by Gasteiger charge is -2.47. The maximum Gasteiger partial charge on any atom is 0.238 e. The van der Waals surface area contributed by atoms with E-state index in [9.17, 15) is 9.59 Å². The van der Waals surface area contributed by atoms with Gasteiger partial charge >= 0.3 is 0 Å². The van der Waals surface area contributed by atoms with E-state index in [-0.39, 0.29) is 34.5 Å². The quantitative estimate of drug-likeness (QED) is 0.247. The molecule has 208 valence electrons. The maximum atomic E-state index is 14.2. The second-order valence-corrected chi connectivity index (χ2v) is 13.9. The van der Waals surface area contributed by atoms with Gasteiger partial charge < -0.3 is 4.74 Å². The molecule has 4 atom stereocenters. The fraction of sp³-hybridized carbons (Fsp3) is 0.444. The Morgan fingerprint density at radius 1 is 0.675 bits per heavy atom. The molecule has 2 bridgehead atoms. The van der Waals surface area contributed by atoms with E-state index in [4.69, 9.17) is 4.74 Å². The van der Waals surface area contributed by atoms with E-state index < -0.39 is 11.8 Å². The predicted molar refractivity (Wildman–Crippen MR) is 160 cm³/mol. The number of carbonyl (C=O) groups is 2. The normalized spacial score (nSPS) is 23.2. The molecule has 4 nitrogen and oxygen atoms in total. The molecule has 1 heterocycles. The molecule has 0 spiro atoms. The van der Waals surface area contributed by atoms with E-state index in [1.54, 1.807) is 0 Å². The van der Waals surface area contributed by atoms with Crippen LogP contribution in [0.15, 0.2) is 60.7 Å². The summed E-state index contributed by atoms with van der Waals surface area (Å²) in [4.78, 5) is 29.9. The van der Waals surface area contributed by atoms with Crippen molar-refractivity contribution in [1.29, 1.82) is 0 Å². The minimum atomic E-state index is -0.395. The summed E-state index contributed by atoms with van der Waals surface area (Å²) in [6.45, 7) is 16.2. The van der Waals surface area contributed by atoms with Gasteiger partial charge in [0.05, 0.1) is 24.1 Å². The van der Waals surface area contributed by atoms with Gasteiger partial charge in [-0.2, -0.15) is 0 Å². The van der Waals surface area contributed by atoms with E-state index in [1.807, 2.05) is 24.3 Å². The fourth-order valence-corrected chi connectivity index (χ4v) is 6.99. The van der Waals surface area contributed by atoms with E-state index >= 15 is 0 Å². The summed E-state index contributed by atoms with van der Waals surface area (Å²) >= 11 is 0. The number of benzene rings is 3. The topological polar surface area (TPSA) is 46.6 Å². The molecule has 3 aromatic carbocycles. The predicted octanol–water partition coefficient (Wildman–Crippen LogP) is 7.86. The van der Waals surface area contributed by atoms with Gasteiger partial charge in [0.1, 0.15) is 5.75 Å². The Morgan fingerprint density at radius 2 is 1.15 bits per heavy atom. The largest absolute Gasteiger partial charge is 0.494 e. The Morgan fingerprint density at radius 3 is 1.57 bits per heavy atom. The molecule has 1 fully saturated rings. The number of hydrogen-bond donors (Lipinski definition) is 0. The average Bonchev–Trinajstić information content (AvgIpc) is 3.18. The highest BCUT2D eigenvalue weighted by Gasteiger charge is 2.62. The van der Waals surface area contributed by atoms with Crippen LogP contribution in [-0.4, -0.2) is 18.4 Å². The lowest BCUT2D eigenvalue weighted by atomic mass is 9.54. The van der Waals surface area contributed by atoms with Crippen molar-refractivity contribution in [2.45, 2.75) is 84.0 Å². The van der Waals surface area contributed by atoms with Crippen LogP contribution in [0.5, 0.6) is 5.75 Å². The molecule has 2 amide bonds. The van der Waals surface area contributed by atoms with Crippen molar-refractivity contribution in [3.63, 3.8) is 0 Å². The molecule has 0 unspecified atom stereocenters. The molecular formula is C36H41NO3. The molecule has 1 aliphatic heterocycles. The fourth-order valence-electron chi connectivity index (χ4n) is 6.99. The van der Waals surface area contributed by atoms with Crippen LogP contribution in [0.4, 0.5) is 5.69 Å². The number of imide groups is 1. The van der Waals surface area contributed by atoms with Crippen LogP contribution in [0.25, 0.3) is 0 Å². The third-order valence-electron chi connectivity index (χ3n) is 9.22. The zero-order valence-corrected chi connectivity index (χ0v) is 24.9. The first-order valence-corrected chi connectivity index (χ1v) is 14.8. The van der Waals surface area contributed by atoms with E-state index in [2.05, 4.69) is 84.9 Å². The third-order valence-corrected chi connectivity index (χ3v) is 9.22. The number of unbranched alkanes of at least 4 members (excludes halogenated alkanes) is 1. The number of ether oxygens (including phenoxy) is 1. The summed E-state index contributed by atoms with van der Waals surface area (Å²) in [5.41, 5.74) is 7.99. The average molecular weight is 536 g/mol. The summed E-state index contributed by atoms with van der Waals surface area (Å²) < 4.78 is 5.83. The van der Waals surface area contributed by atoms with Gasteiger partial charge in [-0.25, -0.2) is 4.90 Å². The molecule has 7 rings (SSSR count). The number of nitrogens with zero attached hydrogens (tertiary/aromatic N) is 1. The van der Waals surface area contributed by atoms with Crippen molar-refractivity contribution >= 4 is 17.5 Å². The molecule has 3 aliphatic carbocycles. The molecule has 3 aromatic rings. The van der Waals surface area contributed by atoms with Crippen LogP contribution in [0.2, 0.25) is 0 Å². The van der Waals surface area contributed by atoms with Crippen molar-refractivity contribution < 1.29 is 14.3 Å². The first-order chi connectivity index (χ1) is 18.9. The van der Waals surface area contributed by atoms with E-state index in [0.29, 0.717) is 12.3 Å². The molecule has 0 saturated carbocycles. The van der Waals surface area contributed by atoms with Crippen molar-refractivity contribution in [1.82, 2.24) is 0 Å². The van der Waals surface area contributed by atoms with Gasteiger partial charge in [0.25, 0.3) is 0 Å². The summed E-state index contributed by atoms with van der Waals surface area (Å²) in [6, 6.07) is 21.0. The summed E-state index contributed by atoms with van der Waals surface area (Å²) in [7, 11) is 0. The summed E-state index contributed by atoms with van der Waals surface area (Å²) in [6.07, 6.45) is 2.06. The standard InChI is InChI=1S/C36H41NO3/c1-8-9-18-40-24-14-12-23(13-15-24)37-33(38)31-29-26-17-11-22(36(5,6)7)20-28(26)30(32(31)34(37)39)25-16-10-21(19-27(25)29)35(2,3)4/h10-17,19-20,29-32H,8-9,18H2,1-7H3/t29-,30+,31+,32-. The smallest absolute Gasteiger partial charge is 0.238 e. The van der Waals surface area contributed by atoms with Gasteiger partial charge in [0, 0.05) is 11.8 Å². The van der Waals surface area contributed by atoms with Crippen LogP contribution in [0.1, 0.15) is 107 Å². The molecule has 0 radical (unpaired) electrons. The number of hydrogen-bond acceptors (Lipinski definition) is 3. The second kappa shape index (κ2) is 9.33. The van der Waals surface area contributed by atoms with Gasteiger partial charge in [0.15, 0.2) is 0 Å². The zero-order chi connectivity index (χ0) is 28.6. The van der Waals surface area contributed by atoms with Gasteiger partial charge in [-0.05, 0) is 74.9 Å². The summed E-state index contributed by atoms with van der Waals surface area (Å²) in [5.74, 6) is -0.451. The highest BCUT2D eigenvalue weighted by atomic mass is 16.5. The van der Waals surface area contributed by atoms with Crippen LogP contribution < -0.4 is 9.64 Å². The zero-order valence-electron chi connectivity index (χ0n) is 24.9. The lowest BCUT2D eigenvalue weighted by molar-refractivity contribution is -0.122. The number of amides is 2. The molecular weight excluding hydrogens is 494 g/mol. The Bertz CT molecular complexity index is 1400. The molecule has 4 heteroatoms. The highest BCUT2D eigenvalue weighted by molar-refractivity contribution is 6.23. The maximum absolute atomic E-state index is 14.2. The highest BCUT2D eigenvalue weighted by Crippen LogP contribution is 2.62. The van der Waals surface area contributed by atoms with Gasteiger partial charge in [-0.15, -0.1) is 0 Å². The van der Waals surface area contributed by atoms with Gasteiger partial charge in [-0.3, -0.25) is 9.59 Å².